The molecule has 0 bridgehead atoms. The van der Waals surface area contributed by atoms with Gasteiger partial charge in [0.2, 0.25) is 10.0 Å². The van der Waals surface area contributed by atoms with Crippen LogP contribution in [0.3, 0.4) is 0 Å². The van der Waals surface area contributed by atoms with Crippen LogP contribution >= 0.6 is 11.3 Å². The molecule has 7 nitrogen and oxygen atoms in total. The molecule has 0 saturated carbocycles. The van der Waals surface area contributed by atoms with Crippen molar-refractivity contribution in [1.29, 1.82) is 0 Å². The maximum absolute atomic E-state index is 12.3. The molecule has 1 amide bonds. The minimum absolute atomic E-state index is 0.0696. The summed E-state index contributed by atoms with van der Waals surface area (Å²) in [5.41, 5.74) is 1.80. The zero-order chi connectivity index (χ0) is 20.0. The monoisotopic (exact) mass is 410 g/mol. The van der Waals surface area contributed by atoms with Crippen LogP contribution in [0, 0.1) is 13.8 Å². The van der Waals surface area contributed by atoms with Gasteiger partial charge in [-0.1, -0.05) is 12.1 Å². The zero-order valence-electron chi connectivity index (χ0n) is 15.3. The van der Waals surface area contributed by atoms with E-state index in [2.05, 4.69) is 10.0 Å². The SMILES string of the molecule is Cc1ccc(S(=O)(=O)NCC(=O)O[C@H](C)C(=O)NCc2cccs2)cc1C. The number of aryl methyl sites for hydroxylation is 2. The number of carbonyl (C=O) groups is 2. The van der Waals surface area contributed by atoms with Crippen molar-refractivity contribution in [3.63, 3.8) is 0 Å². The van der Waals surface area contributed by atoms with E-state index < -0.39 is 34.5 Å². The van der Waals surface area contributed by atoms with Crippen LogP contribution in [0.15, 0.2) is 40.6 Å². The third-order valence-electron chi connectivity index (χ3n) is 3.89. The average molecular weight is 411 g/mol. The number of rotatable bonds is 8. The van der Waals surface area contributed by atoms with Crippen molar-refractivity contribution >= 4 is 33.2 Å². The predicted octanol–water partition coefficient (Wildman–Crippen LogP) is 1.89. The molecule has 0 unspecified atom stereocenters. The molecule has 0 spiro atoms. The summed E-state index contributed by atoms with van der Waals surface area (Å²) in [7, 11) is -3.84. The van der Waals surface area contributed by atoms with Gasteiger partial charge in [-0.25, -0.2) is 8.42 Å². The maximum Gasteiger partial charge on any atom is 0.321 e. The minimum Gasteiger partial charge on any atom is -0.452 e. The fourth-order valence-corrected chi connectivity index (χ4v) is 3.84. The second-order valence-corrected chi connectivity index (χ2v) is 8.80. The third kappa shape index (κ3) is 6.16. The lowest BCUT2D eigenvalue weighted by molar-refractivity contribution is -0.153. The Balaban J connectivity index is 1.83. The van der Waals surface area contributed by atoms with Crippen LogP contribution in [0.5, 0.6) is 0 Å². The molecule has 1 aromatic carbocycles. The van der Waals surface area contributed by atoms with E-state index in [0.29, 0.717) is 6.54 Å². The molecule has 0 aliphatic rings. The molecule has 9 heteroatoms. The van der Waals surface area contributed by atoms with Crippen molar-refractivity contribution in [2.45, 2.75) is 38.3 Å². The van der Waals surface area contributed by atoms with Crippen molar-refractivity contribution < 1.29 is 22.7 Å². The number of amides is 1. The van der Waals surface area contributed by atoms with Crippen molar-refractivity contribution in [3.05, 3.63) is 51.7 Å². The summed E-state index contributed by atoms with van der Waals surface area (Å²) in [5.74, 6) is -1.28. The van der Waals surface area contributed by atoms with Crippen LogP contribution < -0.4 is 10.0 Å². The quantitative estimate of drug-likeness (QED) is 0.647. The summed E-state index contributed by atoms with van der Waals surface area (Å²) in [5, 5.41) is 4.55. The summed E-state index contributed by atoms with van der Waals surface area (Å²) in [4.78, 5) is 24.9. The predicted molar refractivity (Wildman–Crippen MR) is 103 cm³/mol. The summed E-state index contributed by atoms with van der Waals surface area (Å²) in [6.45, 7) is 4.90. The highest BCUT2D eigenvalue weighted by molar-refractivity contribution is 7.89. The first kappa shape index (κ1) is 21.1. The second-order valence-electron chi connectivity index (χ2n) is 6.00. The van der Waals surface area contributed by atoms with E-state index >= 15 is 0 Å². The number of nitrogens with one attached hydrogen (secondary N) is 2. The highest BCUT2D eigenvalue weighted by Crippen LogP contribution is 2.14. The van der Waals surface area contributed by atoms with Crippen molar-refractivity contribution in [2.24, 2.45) is 0 Å². The Morgan fingerprint density at radius 3 is 2.56 bits per heavy atom. The van der Waals surface area contributed by atoms with Crippen LogP contribution in [0.1, 0.15) is 22.9 Å². The molecule has 2 N–H and O–H groups in total. The van der Waals surface area contributed by atoms with Crippen molar-refractivity contribution in [3.8, 4) is 0 Å². The van der Waals surface area contributed by atoms with E-state index in [1.54, 1.807) is 13.0 Å². The number of benzene rings is 1. The van der Waals surface area contributed by atoms with E-state index in [0.717, 1.165) is 16.0 Å². The lowest BCUT2D eigenvalue weighted by Gasteiger charge is -2.14. The Morgan fingerprint density at radius 2 is 1.93 bits per heavy atom. The number of hydrogen-bond acceptors (Lipinski definition) is 6. The van der Waals surface area contributed by atoms with Crippen molar-refractivity contribution in [1.82, 2.24) is 10.0 Å². The first-order chi connectivity index (χ1) is 12.7. The Kier molecular flexibility index (Phi) is 7.11. The molecule has 2 rings (SSSR count). The Labute approximate surface area is 162 Å². The summed E-state index contributed by atoms with van der Waals surface area (Å²) in [6.07, 6.45) is -1.02. The van der Waals surface area contributed by atoms with Crippen LogP contribution in [-0.2, 0) is 30.9 Å². The molecule has 1 aromatic heterocycles. The van der Waals surface area contributed by atoms with Gasteiger partial charge in [0.1, 0.15) is 6.54 Å². The molecule has 0 aliphatic carbocycles. The van der Waals surface area contributed by atoms with Gasteiger partial charge < -0.3 is 10.1 Å². The standard InChI is InChI=1S/C18H22N2O5S2/c1-12-6-7-16(9-13(12)2)27(23,24)20-11-17(21)25-14(3)18(22)19-10-15-5-4-8-26-15/h4-9,14,20H,10-11H2,1-3H3,(H,19,22)/t14-/m1/s1. The highest BCUT2D eigenvalue weighted by atomic mass is 32.2. The fourth-order valence-electron chi connectivity index (χ4n) is 2.14. The molecule has 27 heavy (non-hydrogen) atoms. The van der Waals surface area contributed by atoms with E-state index in [1.165, 1.54) is 30.4 Å². The zero-order valence-corrected chi connectivity index (χ0v) is 16.9. The molecule has 0 fully saturated rings. The van der Waals surface area contributed by atoms with Gasteiger partial charge in [0.25, 0.3) is 5.91 Å². The number of esters is 1. The van der Waals surface area contributed by atoms with E-state index in [9.17, 15) is 18.0 Å². The summed E-state index contributed by atoms with van der Waals surface area (Å²) < 4.78 is 31.7. The second kappa shape index (κ2) is 9.12. The molecule has 1 atom stereocenters. The molecule has 0 radical (unpaired) electrons. The van der Waals surface area contributed by atoms with E-state index in [-0.39, 0.29) is 4.90 Å². The van der Waals surface area contributed by atoms with Crippen LogP contribution in [0.25, 0.3) is 0 Å². The lowest BCUT2D eigenvalue weighted by atomic mass is 10.1. The molecular weight excluding hydrogens is 388 g/mol. The van der Waals surface area contributed by atoms with Gasteiger partial charge in [-0.15, -0.1) is 11.3 Å². The molecular formula is C18H22N2O5S2. The number of sulfonamides is 1. The number of hydrogen-bond donors (Lipinski definition) is 2. The molecule has 1 heterocycles. The van der Waals surface area contributed by atoms with Gasteiger partial charge in [-0.05, 0) is 55.5 Å². The van der Waals surface area contributed by atoms with E-state index in [1.807, 2.05) is 24.4 Å². The van der Waals surface area contributed by atoms with Gasteiger partial charge in [0, 0.05) is 4.88 Å². The lowest BCUT2D eigenvalue weighted by Crippen LogP contribution is -2.38. The molecule has 0 saturated heterocycles. The van der Waals surface area contributed by atoms with Gasteiger partial charge in [-0.3, -0.25) is 9.59 Å². The molecule has 146 valence electrons. The largest absolute Gasteiger partial charge is 0.452 e. The topological polar surface area (TPSA) is 102 Å². The van der Waals surface area contributed by atoms with Gasteiger partial charge in [0.05, 0.1) is 11.4 Å². The smallest absolute Gasteiger partial charge is 0.321 e. The molecule has 0 aliphatic heterocycles. The van der Waals surface area contributed by atoms with E-state index in [4.69, 9.17) is 4.74 Å². The first-order valence-corrected chi connectivity index (χ1v) is 10.6. The van der Waals surface area contributed by atoms with Gasteiger partial charge in [0.15, 0.2) is 6.10 Å². The average Bonchev–Trinajstić information content (AvgIpc) is 3.13. The van der Waals surface area contributed by atoms with Gasteiger partial charge >= 0.3 is 5.97 Å². The number of thiophene rings is 1. The number of ether oxygens (including phenoxy) is 1. The van der Waals surface area contributed by atoms with Crippen LogP contribution in [-0.4, -0.2) is 32.9 Å². The maximum atomic E-state index is 12.3. The third-order valence-corrected chi connectivity index (χ3v) is 6.16. The first-order valence-electron chi connectivity index (χ1n) is 8.25. The Bertz CT molecular complexity index is 908. The summed E-state index contributed by atoms with van der Waals surface area (Å²) >= 11 is 1.50. The molecule has 2 aromatic rings. The Hall–Kier alpha value is -2.23. The van der Waals surface area contributed by atoms with Crippen LogP contribution in [0.2, 0.25) is 0 Å². The van der Waals surface area contributed by atoms with Crippen LogP contribution in [0.4, 0.5) is 0 Å². The highest BCUT2D eigenvalue weighted by Gasteiger charge is 2.20. The normalized spacial score (nSPS) is 12.4. The minimum atomic E-state index is -3.84. The number of carbonyl (C=O) groups excluding carboxylic acids is 2. The van der Waals surface area contributed by atoms with Gasteiger partial charge in [-0.2, -0.15) is 4.72 Å². The Morgan fingerprint density at radius 1 is 1.19 bits per heavy atom. The van der Waals surface area contributed by atoms with Crippen molar-refractivity contribution in [2.75, 3.05) is 6.54 Å². The fraction of sp³-hybridized carbons (Fsp3) is 0.333. The summed E-state index contributed by atoms with van der Waals surface area (Å²) in [6, 6.07) is 8.45.